The molecule has 2 rings (SSSR count). The SMILES string of the molecule is CC(C)(C)NCC(CCc1ccsc1)C1CCS(=O)(=O)C1. The van der Waals surface area contributed by atoms with Gasteiger partial charge < -0.3 is 5.32 Å². The van der Waals surface area contributed by atoms with Crippen LogP contribution in [-0.2, 0) is 16.3 Å². The zero-order valence-corrected chi connectivity index (χ0v) is 14.9. The van der Waals surface area contributed by atoms with Crippen LogP contribution in [0.25, 0.3) is 0 Å². The largest absolute Gasteiger partial charge is 0.312 e. The van der Waals surface area contributed by atoms with Crippen LogP contribution < -0.4 is 5.32 Å². The first kappa shape index (κ1) is 17.0. The standard InChI is InChI=1S/C16H27NO2S2/c1-16(2,3)17-10-14(5-4-13-6-8-20-11-13)15-7-9-21(18,19)12-15/h6,8,11,14-15,17H,4-5,7,9-10,12H2,1-3H3. The summed E-state index contributed by atoms with van der Waals surface area (Å²) in [7, 11) is -2.79. The quantitative estimate of drug-likeness (QED) is 0.872. The van der Waals surface area contributed by atoms with Crippen LogP contribution in [0.2, 0.25) is 0 Å². The van der Waals surface area contributed by atoms with E-state index in [1.807, 2.05) is 0 Å². The fourth-order valence-electron chi connectivity index (χ4n) is 2.92. The van der Waals surface area contributed by atoms with Crippen LogP contribution in [0.5, 0.6) is 0 Å². The van der Waals surface area contributed by atoms with Gasteiger partial charge in [0.05, 0.1) is 11.5 Å². The normalized spacial score (nSPS) is 23.3. The van der Waals surface area contributed by atoms with Crippen molar-refractivity contribution in [1.29, 1.82) is 0 Å². The third-order valence-electron chi connectivity index (χ3n) is 4.21. The Morgan fingerprint density at radius 3 is 2.71 bits per heavy atom. The predicted molar refractivity (Wildman–Crippen MR) is 90.6 cm³/mol. The summed E-state index contributed by atoms with van der Waals surface area (Å²) in [5.41, 5.74) is 1.46. The number of thiophene rings is 1. The summed E-state index contributed by atoms with van der Waals surface area (Å²) >= 11 is 1.73. The maximum Gasteiger partial charge on any atom is 0.150 e. The van der Waals surface area contributed by atoms with Crippen molar-refractivity contribution in [2.45, 2.75) is 45.6 Å². The molecular weight excluding hydrogens is 302 g/mol. The number of hydrogen-bond donors (Lipinski definition) is 1. The highest BCUT2D eigenvalue weighted by Gasteiger charge is 2.33. The Bertz CT molecular complexity index is 529. The molecule has 0 bridgehead atoms. The van der Waals surface area contributed by atoms with E-state index in [2.05, 4.69) is 42.9 Å². The summed E-state index contributed by atoms with van der Waals surface area (Å²) in [5, 5.41) is 7.87. The van der Waals surface area contributed by atoms with Gasteiger partial charge in [0.1, 0.15) is 0 Å². The Kier molecular flexibility index (Phi) is 5.49. The first-order valence-electron chi connectivity index (χ1n) is 7.72. The lowest BCUT2D eigenvalue weighted by molar-refractivity contribution is 0.289. The molecular formula is C16H27NO2S2. The minimum atomic E-state index is -2.79. The van der Waals surface area contributed by atoms with Gasteiger partial charge in [0.2, 0.25) is 0 Å². The van der Waals surface area contributed by atoms with E-state index >= 15 is 0 Å². The molecule has 1 fully saturated rings. The van der Waals surface area contributed by atoms with E-state index < -0.39 is 9.84 Å². The lowest BCUT2D eigenvalue weighted by Gasteiger charge is -2.28. The molecule has 1 aliphatic rings. The average Bonchev–Trinajstić information content (AvgIpc) is 2.97. The molecule has 0 aliphatic carbocycles. The minimum Gasteiger partial charge on any atom is -0.312 e. The highest BCUT2D eigenvalue weighted by atomic mass is 32.2. The third-order valence-corrected chi connectivity index (χ3v) is 6.74. The van der Waals surface area contributed by atoms with E-state index in [0.29, 0.717) is 23.3 Å². The van der Waals surface area contributed by atoms with Crippen molar-refractivity contribution in [3.63, 3.8) is 0 Å². The summed E-state index contributed by atoms with van der Waals surface area (Å²) in [6.45, 7) is 7.39. The van der Waals surface area contributed by atoms with E-state index in [1.165, 1.54) is 5.56 Å². The van der Waals surface area contributed by atoms with Gasteiger partial charge >= 0.3 is 0 Å². The Balaban J connectivity index is 1.96. The van der Waals surface area contributed by atoms with E-state index in [0.717, 1.165) is 25.8 Å². The zero-order valence-electron chi connectivity index (χ0n) is 13.3. The second-order valence-electron chi connectivity index (χ2n) is 7.22. The van der Waals surface area contributed by atoms with Gasteiger partial charge in [0.15, 0.2) is 9.84 Å². The lowest BCUT2D eigenvalue weighted by atomic mass is 9.86. The molecule has 1 aromatic rings. The van der Waals surface area contributed by atoms with Crippen molar-refractivity contribution in [3.05, 3.63) is 22.4 Å². The van der Waals surface area contributed by atoms with Crippen LogP contribution in [0.1, 0.15) is 39.2 Å². The van der Waals surface area contributed by atoms with Crippen LogP contribution >= 0.6 is 11.3 Å². The Morgan fingerprint density at radius 1 is 1.43 bits per heavy atom. The molecule has 21 heavy (non-hydrogen) atoms. The van der Waals surface area contributed by atoms with Crippen molar-refractivity contribution in [2.24, 2.45) is 11.8 Å². The molecule has 1 saturated heterocycles. The first-order chi connectivity index (χ1) is 9.75. The molecule has 0 spiro atoms. The number of sulfone groups is 1. The smallest absolute Gasteiger partial charge is 0.150 e. The summed E-state index contributed by atoms with van der Waals surface area (Å²) in [6.07, 6.45) is 2.96. The van der Waals surface area contributed by atoms with Gasteiger partial charge in [0, 0.05) is 5.54 Å². The predicted octanol–water partition coefficient (Wildman–Crippen LogP) is 3.12. The molecule has 3 nitrogen and oxygen atoms in total. The minimum absolute atomic E-state index is 0.0815. The lowest BCUT2D eigenvalue weighted by Crippen LogP contribution is -2.41. The molecule has 120 valence electrons. The van der Waals surface area contributed by atoms with Gasteiger partial charge in [-0.25, -0.2) is 8.42 Å². The molecule has 0 radical (unpaired) electrons. The molecule has 0 aromatic carbocycles. The summed E-state index contributed by atoms with van der Waals surface area (Å²) in [4.78, 5) is 0. The summed E-state index contributed by atoms with van der Waals surface area (Å²) < 4.78 is 23.5. The van der Waals surface area contributed by atoms with Gasteiger partial charge in [-0.05, 0) is 80.8 Å². The van der Waals surface area contributed by atoms with Crippen LogP contribution in [0.15, 0.2) is 16.8 Å². The number of hydrogen-bond acceptors (Lipinski definition) is 4. The fraction of sp³-hybridized carbons (Fsp3) is 0.750. The second-order valence-corrected chi connectivity index (χ2v) is 10.2. The highest BCUT2D eigenvalue weighted by Crippen LogP contribution is 2.29. The van der Waals surface area contributed by atoms with Crippen LogP contribution in [0, 0.1) is 11.8 Å². The maximum absolute atomic E-state index is 11.8. The zero-order chi connectivity index (χ0) is 15.5. The van der Waals surface area contributed by atoms with Crippen molar-refractivity contribution < 1.29 is 8.42 Å². The molecule has 5 heteroatoms. The highest BCUT2D eigenvalue weighted by molar-refractivity contribution is 7.91. The van der Waals surface area contributed by atoms with Crippen molar-refractivity contribution in [1.82, 2.24) is 5.32 Å². The molecule has 0 amide bonds. The van der Waals surface area contributed by atoms with Crippen LogP contribution in [0.4, 0.5) is 0 Å². The molecule has 1 N–H and O–H groups in total. The molecule has 2 heterocycles. The number of rotatable bonds is 6. The van der Waals surface area contributed by atoms with Crippen molar-refractivity contribution in [2.75, 3.05) is 18.1 Å². The van der Waals surface area contributed by atoms with E-state index in [4.69, 9.17) is 0 Å². The Labute approximate surface area is 133 Å². The van der Waals surface area contributed by atoms with Crippen molar-refractivity contribution >= 4 is 21.2 Å². The van der Waals surface area contributed by atoms with Gasteiger partial charge in [0.25, 0.3) is 0 Å². The molecule has 2 unspecified atom stereocenters. The Hall–Kier alpha value is -0.390. The van der Waals surface area contributed by atoms with E-state index in [-0.39, 0.29) is 5.54 Å². The molecule has 2 atom stereocenters. The van der Waals surface area contributed by atoms with Gasteiger partial charge in [-0.1, -0.05) is 0 Å². The monoisotopic (exact) mass is 329 g/mol. The molecule has 0 saturated carbocycles. The first-order valence-corrected chi connectivity index (χ1v) is 10.5. The van der Waals surface area contributed by atoms with Crippen LogP contribution in [0.3, 0.4) is 0 Å². The maximum atomic E-state index is 11.8. The second kappa shape index (κ2) is 6.80. The van der Waals surface area contributed by atoms with Crippen LogP contribution in [-0.4, -0.2) is 32.0 Å². The summed E-state index contributed by atoms with van der Waals surface area (Å²) in [6, 6.07) is 2.17. The van der Waals surface area contributed by atoms with E-state index in [1.54, 1.807) is 11.3 Å². The topological polar surface area (TPSA) is 46.2 Å². The average molecular weight is 330 g/mol. The van der Waals surface area contributed by atoms with E-state index in [9.17, 15) is 8.42 Å². The molecule has 1 aromatic heterocycles. The molecule has 1 aliphatic heterocycles. The van der Waals surface area contributed by atoms with Gasteiger partial charge in [-0.15, -0.1) is 0 Å². The van der Waals surface area contributed by atoms with Gasteiger partial charge in [-0.2, -0.15) is 11.3 Å². The number of nitrogens with one attached hydrogen (secondary N) is 1. The van der Waals surface area contributed by atoms with Crippen molar-refractivity contribution in [3.8, 4) is 0 Å². The Morgan fingerprint density at radius 2 is 2.19 bits per heavy atom. The van der Waals surface area contributed by atoms with Gasteiger partial charge in [-0.3, -0.25) is 0 Å². The number of aryl methyl sites for hydroxylation is 1. The third kappa shape index (κ3) is 5.72. The fourth-order valence-corrected chi connectivity index (χ4v) is 5.55. The summed E-state index contributed by atoms with van der Waals surface area (Å²) in [5.74, 6) is 1.53.